The molecule has 1 heterocycles. The van der Waals surface area contributed by atoms with Crippen molar-refractivity contribution in [2.24, 2.45) is 0 Å². The van der Waals surface area contributed by atoms with Gasteiger partial charge in [0.1, 0.15) is 0 Å². The van der Waals surface area contributed by atoms with Crippen molar-refractivity contribution < 1.29 is 19.2 Å². The van der Waals surface area contributed by atoms with E-state index in [-0.39, 0.29) is 16.5 Å². The Morgan fingerprint density at radius 2 is 0.942 bits per heavy atom. The largest absolute Gasteiger partial charge is 0.208 e. The van der Waals surface area contributed by atoms with Gasteiger partial charge in [0, 0.05) is 22.1 Å². The van der Waals surface area contributed by atoms with Gasteiger partial charge in [-0.3, -0.25) is 0 Å². The Balaban J connectivity index is 1.17. The van der Waals surface area contributed by atoms with Crippen LogP contribution in [0.4, 0.5) is 0 Å². The highest BCUT2D eigenvalue weighted by molar-refractivity contribution is 5.91. The van der Waals surface area contributed by atoms with Crippen LogP contribution in [-0.2, 0) is 11.8 Å². The lowest BCUT2D eigenvalue weighted by Gasteiger charge is -2.22. The minimum atomic E-state index is -0.721. The first-order valence-electron chi connectivity index (χ1n) is 23.9. The SMILES string of the molecule is [2H]c1c([2H])c([2H])c(-c2nc(-c3c([2H])c([2H])c([2H])c([2H])c3[2H])nc(-c3c([2H])c([2H])c([2H])c(-c4cccc5c4Cc4c(-c6ccc7c(c6)C(C)(C)c6ccccc6-7)cccc4-5)c3[2H])n2)c([2H])c1[2H]. The van der Waals surface area contributed by atoms with Crippen LogP contribution < -0.4 is 0 Å². The van der Waals surface area contributed by atoms with Gasteiger partial charge in [-0.2, -0.15) is 0 Å². The third kappa shape index (κ3) is 4.85. The van der Waals surface area contributed by atoms with E-state index in [1.807, 2.05) is 18.2 Å². The normalized spacial score (nSPS) is 17.0. The topological polar surface area (TPSA) is 38.7 Å². The summed E-state index contributed by atoms with van der Waals surface area (Å²) in [5.74, 6) is -1.65. The summed E-state index contributed by atoms with van der Waals surface area (Å²) < 4.78 is 122. The van der Waals surface area contributed by atoms with Gasteiger partial charge in [-0.05, 0) is 85.3 Å². The van der Waals surface area contributed by atoms with Crippen LogP contribution in [0, 0.1) is 0 Å². The summed E-state index contributed by atoms with van der Waals surface area (Å²) in [6.45, 7) is 4.47. The molecule has 0 spiro atoms. The van der Waals surface area contributed by atoms with E-state index in [0.717, 1.165) is 33.4 Å². The van der Waals surface area contributed by atoms with Crippen molar-refractivity contribution in [2.45, 2.75) is 25.7 Å². The Hall–Kier alpha value is -6.45. The number of hydrogen-bond donors (Lipinski definition) is 0. The molecule has 0 radical (unpaired) electrons. The molecule has 8 aromatic rings. The predicted octanol–water partition coefficient (Wildman–Crippen LogP) is 12.1. The Bertz CT molecular complexity index is 3350. The molecule has 0 fully saturated rings. The second kappa shape index (κ2) is 11.8. The van der Waals surface area contributed by atoms with Crippen LogP contribution in [0.15, 0.2) is 163 Å². The maximum absolute atomic E-state index is 9.73. The fourth-order valence-corrected chi connectivity index (χ4v) is 7.64. The van der Waals surface area contributed by atoms with E-state index in [1.165, 1.54) is 22.3 Å². The highest BCUT2D eigenvalue weighted by atomic mass is 15.0. The fourth-order valence-electron chi connectivity index (χ4n) is 7.64. The Kier molecular flexibility index (Phi) is 4.37. The summed E-state index contributed by atoms with van der Waals surface area (Å²) in [6, 6.07) is 17.5. The molecule has 0 saturated heterocycles. The molecule has 10 rings (SSSR count). The van der Waals surface area contributed by atoms with Crippen molar-refractivity contribution in [1.29, 1.82) is 0 Å². The maximum Gasteiger partial charge on any atom is 0.164 e. The van der Waals surface area contributed by atoms with Crippen molar-refractivity contribution in [1.82, 2.24) is 15.0 Å². The minimum Gasteiger partial charge on any atom is -0.208 e. The van der Waals surface area contributed by atoms with Crippen LogP contribution in [0.1, 0.15) is 55.3 Å². The monoisotopic (exact) mass is 679 g/mol. The highest BCUT2D eigenvalue weighted by Gasteiger charge is 2.35. The molecule has 0 unspecified atom stereocenters. The summed E-state index contributed by atoms with van der Waals surface area (Å²) in [4.78, 5) is 13.2. The lowest BCUT2D eigenvalue weighted by Crippen LogP contribution is -2.14. The summed E-state index contributed by atoms with van der Waals surface area (Å²) in [5.41, 5.74) is 9.46. The van der Waals surface area contributed by atoms with Gasteiger partial charge in [0.25, 0.3) is 0 Å². The molecule has 1 aromatic heterocycles. The molecule has 2 aliphatic carbocycles. The molecule has 0 aliphatic heterocycles. The highest BCUT2D eigenvalue weighted by Crippen LogP contribution is 2.51. The van der Waals surface area contributed by atoms with E-state index in [9.17, 15) is 2.74 Å². The zero-order valence-electron chi connectivity index (χ0n) is 42.1. The fraction of sp³-hybridized carbons (Fsp3) is 0.0816. The first kappa shape index (κ1) is 19.2. The number of fused-ring (bicyclic) bond motifs is 6. The number of benzene rings is 7. The van der Waals surface area contributed by atoms with E-state index in [0.29, 0.717) is 12.0 Å². The molecular formula is C49H35N3. The lowest BCUT2D eigenvalue weighted by molar-refractivity contribution is 0.660. The molecule has 0 bridgehead atoms. The molecule has 0 atom stereocenters. The van der Waals surface area contributed by atoms with Crippen LogP contribution >= 0.6 is 0 Å². The molecule has 52 heavy (non-hydrogen) atoms. The molecule has 0 amide bonds. The van der Waals surface area contributed by atoms with Gasteiger partial charge in [-0.1, -0.05) is 165 Å². The van der Waals surface area contributed by atoms with Gasteiger partial charge in [0.2, 0.25) is 0 Å². The van der Waals surface area contributed by atoms with Gasteiger partial charge in [-0.15, -0.1) is 0 Å². The van der Waals surface area contributed by atoms with E-state index in [1.54, 1.807) is 12.1 Å². The second-order valence-electron chi connectivity index (χ2n) is 13.3. The first-order chi connectivity index (χ1) is 31.3. The summed E-state index contributed by atoms with van der Waals surface area (Å²) in [7, 11) is 0. The molecule has 7 aromatic carbocycles. The molecule has 246 valence electrons. The number of rotatable bonds is 5. The predicted molar refractivity (Wildman–Crippen MR) is 213 cm³/mol. The number of hydrogen-bond acceptors (Lipinski definition) is 3. The first-order valence-corrected chi connectivity index (χ1v) is 16.9. The van der Waals surface area contributed by atoms with Gasteiger partial charge < -0.3 is 0 Å². The molecule has 0 N–H and O–H groups in total. The smallest absolute Gasteiger partial charge is 0.164 e. The van der Waals surface area contributed by atoms with E-state index >= 15 is 0 Å². The lowest BCUT2D eigenvalue weighted by atomic mass is 9.81. The zero-order valence-corrected chi connectivity index (χ0v) is 28.1. The van der Waals surface area contributed by atoms with Gasteiger partial charge in [0.05, 0.1) is 19.2 Å². The van der Waals surface area contributed by atoms with Gasteiger partial charge in [-0.25, -0.2) is 15.0 Å². The van der Waals surface area contributed by atoms with E-state index < -0.39 is 113 Å². The van der Waals surface area contributed by atoms with Crippen LogP contribution in [0.2, 0.25) is 0 Å². The Morgan fingerprint density at radius 1 is 0.442 bits per heavy atom. The molecule has 0 saturated carbocycles. The summed E-state index contributed by atoms with van der Waals surface area (Å²) in [6.07, 6.45) is 0.410. The van der Waals surface area contributed by atoms with Gasteiger partial charge in [0.15, 0.2) is 17.5 Å². The molecule has 3 heteroatoms. The van der Waals surface area contributed by atoms with Crippen molar-refractivity contribution in [2.75, 3.05) is 0 Å². The zero-order chi connectivity index (χ0) is 47.0. The maximum atomic E-state index is 9.73. The Morgan fingerprint density at radius 3 is 1.60 bits per heavy atom. The van der Waals surface area contributed by atoms with Gasteiger partial charge >= 0.3 is 0 Å². The van der Waals surface area contributed by atoms with Crippen LogP contribution in [-0.4, -0.2) is 15.0 Å². The summed E-state index contributed by atoms with van der Waals surface area (Å²) >= 11 is 0. The van der Waals surface area contributed by atoms with Crippen LogP contribution in [0.25, 0.3) is 78.7 Å². The van der Waals surface area contributed by atoms with Crippen molar-refractivity contribution in [3.8, 4) is 78.7 Å². The molecule has 2 aliphatic rings. The quantitative estimate of drug-likeness (QED) is 0.182. The van der Waals surface area contributed by atoms with Crippen LogP contribution in [0.5, 0.6) is 0 Å². The standard InChI is InChI=1S/C49H35N3/c1-49(2)44-25-10-9-20-40(44)41-27-26-34(29-45(41)49)37-22-13-24-39-38-23-12-21-36(42(38)30-43(37)39)33-18-11-19-35(28-33)48-51-46(31-14-5-3-6-15-31)50-47(52-48)32-16-7-4-8-17-32/h3-29H,30H2,1-2H3/i3D,4D,5D,6D,7D,8D,11D,14D,15D,16D,17D,18D,19D,28D. The average Bonchev–Trinajstić information content (AvgIpc) is 3.80. The van der Waals surface area contributed by atoms with Crippen molar-refractivity contribution >= 4 is 0 Å². The number of nitrogens with zero attached hydrogens (tertiary/aromatic N) is 3. The van der Waals surface area contributed by atoms with E-state index in [4.69, 9.17) is 16.4 Å². The third-order valence-electron chi connectivity index (χ3n) is 10.1. The van der Waals surface area contributed by atoms with Crippen LogP contribution in [0.3, 0.4) is 0 Å². The Labute approximate surface area is 324 Å². The minimum absolute atomic E-state index is 0.0108. The molecular weight excluding hydrogens is 631 g/mol. The number of aromatic nitrogens is 3. The molecule has 3 nitrogen and oxygen atoms in total. The van der Waals surface area contributed by atoms with E-state index in [2.05, 4.69) is 77.3 Å². The average molecular weight is 680 g/mol. The van der Waals surface area contributed by atoms with Crippen molar-refractivity contribution in [3.05, 3.63) is 186 Å². The third-order valence-corrected chi connectivity index (χ3v) is 10.1. The van der Waals surface area contributed by atoms with Crippen molar-refractivity contribution in [3.63, 3.8) is 0 Å². The second-order valence-corrected chi connectivity index (χ2v) is 13.3. The summed E-state index contributed by atoms with van der Waals surface area (Å²) in [5, 5.41) is 0.